The number of hydrogen-bond donors (Lipinski definition) is 6. The predicted molar refractivity (Wildman–Crippen MR) is 217 cm³/mol. The first-order valence-electron chi connectivity index (χ1n) is 19.9. The molecule has 0 aliphatic heterocycles. The number of ether oxygens (including phenoxy) is 1. The number of carbonyl (C=O) groups is 1. The van der Waals surface area contributed by atoms with Crippen molar-refractivity contribution in [2.75, 3.05) is 40.5 Å². The number of aldehydes is 1. The summed E-state index contributed by atoms with van der Waals surface area (Å²) >= 11 is 0. The predicted octanol–water partition coefficient (Wildman–Crippen LogP) is 6.56. The average Bonchev–Trinajstić information content (AvgIpc) is 3.50. The second-order valence-electron chi connectivity index (χ2n) is 15.6. The van der Waals surface area contributed by atoms with Gasteiger partial charge in [-0.2, -0.15) is 0 Å². The van der Waals surface area contributed by atoms with Crippen molar-refractivity contribution in [2.45, 2.75) is 122 Å². The Morgan fingerprint density at radius 3 is 2.60 bits per heavy atom. The Labute approximate surface area is 320 Å². The number of allylic oxidation sites excluding steroid dienone is 7. The van der Waals surface area contributed by atoms with Crippen LogP contribution in [0, 0.1) is 17.3 Å². The van der Waals surface area contributed by atoms with Crippen LogP contribution >= 0.6 is 0 Å². The van der Waals surface area contributed by atoms with E-state index in [0.717, 1.165) is 61.0 Å². The van der Waals surface area contributed by atoms with Gasteiger partial charge in [-0.15, -0.1) is 0 Å². The van der Waals surface area contributed by atoms with Gasteiger partial charge in [-0.25, -0.2) is 0 Å². The van der Waals surface area contributed by atoms with Gasteiger partial charge in [0.1, 0.15) is 6.29 Å². The van der Waals surface area contributed by atoms with Gasteiger partial charge >= 0.3 is 0 Å². The Bertz CT molecular complexity index is 1400. The fourth-order valence-electron chi connectivity index (χ4n) is 8.93. The van der Waals surface area contributed by atoms with E-state index in [1.165, 1.54) is 5.57 Å². The summed E-state index contributed by atoms with van der Waals surface area (Å²) in [5.74, 6) is -0.662. The highest BCUT2D eigenvalue weighted by Crippen LogP contribution is 2.64. The van der Waals surface area contributed by atoms with Gasteiger partial charge in [0.15, 0.2) is 0 Å². The quantitative estimate of drug-likeness (QED) is 0.0323. The zero-order valence-corrected chi connectivity index (χ0v) is 33.3. The minimum absolute atomic E-state index is 0.00711. The van der Waals surface area contributed by atoms with Gasteiger partial charge in [0.25, 0.3) is 0 Å². The number of carbonyl (C=O) groups excluding carboxylic acids is 1. The van der Waals surface area contributed by atoms with Crippen molar-refractivity contribution in [1.82, 2.24) is 10.6 Å². The number of benzene rings is 1. The van der Waals surface area contributed by atoms with E-state index in [2.05, 4.69) is 49.3 Å². The summed E-state index contributed by atoms with van der Waals surface area (Å²) in [6.07, 6.45) is 14.8. The molecule has 1 spiro atoms. The molecular weight excluding hydrogens is 665 g/mol. The molecule has 7 atom stereocenters. The Balaban J connectivity index is 1.91. The molecule has 7 unspecified atom stereocenters. The number of hydrogen-bond acceptors (Lipinski definition) is 8. The van der Waals surface area contributed by atoms with Crippen LogP contribution in [0.1, 0.15) is 97.0 Å². The maximum atomic E-state index is 12.7. The minimum atomic E-state index is -1.19. The van der Waals surface area contributed by atoms with Gasteiger partial charge < -0.3 is 35.8 Å². The van der Waals surface area contributed by atoms with Crippen LogP contribution in [-0.4, -0.2) is 91.0 Å². The van der Waals surface area contributed by atoms with Gasteiger partial charge in [0.2, 0.25) is 0 Å². The molecule has 2 fully saturated rings. The van der Waals surface area contributed by atoms with Crippen LogP contribution in [-0.2, 0) is 16.0 Å². The first-order chi connectivity index (χ1) is 25.5. The first-order valence-corrected chi connectivity index (χ1v) is 19.9. The number of rotatable bonds is 23. The van der Waals surface area contributed by atoms with Gasteiger partial charge in [-0.1, -0.05) is 77.9 Å². The van der Waals surface area contributed by atoms with Crippen LogP contribution in [0.3, 0.4) is 0 Å². The molecule has 0 amide bonds. The monoisotopic (exact) mass is 735 g/mol. The van der Waals surface area contributed by atoms with Crippen LogP contribution in [0.2, 0.25) is 0 Å². The van der Waals surface area contributed by atoms with E-state index >= 15 is 0 Å². The topological polar surface area (TPSA) is 131 Å². The third-order valence-electron chi connectivity index (χ3n) is 12.0. The van der Waals surface area contributed by atoms with E-state index in [4.69, 9.17) is 4.74 Å². The van der Waals surface area contributed by atoms with Crippen LogP contribution in [0.5, 0.6) is 0 Å². The second-order valence-corrected chi connectivity index (χ2v) is 15.6. The summed E-state index contributed by atoms with van der Waals surface area (Å²) in [6.45, 7) is 12.6. The van der Waals surface area contributed by atoms with Gasteiger partial charge in [-0.3, -0.25) is 4.79 Å². The second kappa shape index (κ2) is 22.6. The lowest BCUT2D eigenvalue weighted by Crippen LogP contribution is -2.61. The molecule has 296 valence electrons. The standard InChI is InChI=1S/C45H70N2O6/c1-33(13-10-15-34(2)31-47-36(4)24-30-53-6)14-11-18-39(42(50)21-20-37-16-8-7-9-17-37)40-23-26-45(43(40)51)41(19-12-29-48)38(35(3)32-49)22-25-44(45,52)27-28-46-5/h7-9,11,14-18,32,36,40-43,46-48,50-52H,1,10,12-13,19-31H2,2-6H3. The van der Waals surface area contributed by atoms with E-state index in [9.17, 15) is 25.2 Å². The Kier molecular flexibility index (Phi) is 19.1. The van der Waals surface area contributed by atoms with Crippen molar-refractivity contribution in [2.24, 2.45) is 17.3 Å². The SMILES string of the molecule is C=C(C=CC=C(C(O)CCc1ccccc1)C1CCC2(C(CCCO)C(=C(C)C=O)CCC2(O)CCNC)C1O)CCC=C(C)CNC(C)CCOC. The molecule has 2 saturated carbocycles. The van der Waals surface area contributed by atoms with Crippen LogP contribution in [0.4, 0.5) is 0 Å². The highest BCUT2D eigenvalue weighted by atomic mass is 16.5. The molecule has 6 N–H and O–H groups in total. The maximum Gasteiger partial charge on any atom is 0.145 e. The molecule has 3 rings (SSSR count). The molecule has 0 heterocycles. The molecular formula is C45H70N2O6. The highest BCUT2D eigenvalue weighted by molar-refractivity contribution is 5.74. The Hall–Kier alpha value is -2.69. The van der Waals surface area contributed by atoms with Crippen LogP contribution < -0.4 is 10.6 Å². The molecule has 1 aromatic rings. The zero-order valence-electron chi connectivity index (χ0n) is 33.3. The average molecular weight is 735 g/mol. The molecule has 53 heavy (non-hydrogen) atoms. The smallest absolute Gasteiger partial charge is 0.145 e. The molecule has 8 nitrogen and oxygen atoms in total. The zero-order chi connectivity index (χ0) is 38.9. The third kappa shape index (κ3) is 12.1. The number of aryl methyl sites for hydroxylation is 1. The maximum absolute atomic E-state index is 12.7. The molecule has 0 saturated heterocycles. The summed E-state index contributed by atoms with van der Waals surface area (Å²) in [5.41, 5.74) is 3.67. The van der Waals surface area contributed by atoms with Crippen molar-refractivity contribution < 1.29 is 30.0 Å². The van der Waals surface area contributed by atoms with Crippen molar-refractivity contribution in [3.05, 3.63) is 94.6 Å². The van der Waals surface area contributed by atoms with Crippen molar-refractivity contribution in [3.8, 4) is 0 Å². The van der Waals surface area contributed by atoms with Crippen LogP contribution in [0.25, 0.3) is 0 Å². The Morgan fingerprint density at radius 1 is 1.17 bits per heavy atom. The first kappa shape index (κ1) is 44.7. The summed E-state index contributed by atoms with van der Waals surface area (Å²) < 4.78 is 5.18. The van der Waals surface area contributed by atoms with E-state index < -0.39 is 29.1 Å². The molecule has 1 aromatic carbocycles. The normalized spacial score (nSPS) is 27.4. The molecule has 8 heteroatoms. The van der Waals surface area contributed by atoms with E-state index in [-0.39, 0.29) is 12.5 Å². The molecule has 2 aliphatic rings. The van der Waals surface area contributed by atoms with E-state index in [1.807, 2.05) is 50.4 Å². The molecule has 0 bridgehead atoms. The lowest BCUT2D eigenvalue weighted by molar-refractivity contribution is -0.181. The van der Waals surface area contributed by atoms with Gasteiger partial charge in [-0.05, 0) is 134 Å². The number of nitrogens with one attached hydrogen (secondary N) is 2. The van der Waals surface area contributed by atoms with Gasteiger partial charge in [0, 0.05) is 44.2 Å². The largest absolute Gasteiger partial charge is 0.396 e. The third-order valence-corrected chi connectivity index (χ3v) is 12.0. The summed E-state index contributed by atoms with van der Waals surface area (Å²) in [4.78, 5) is 12.1. The van der Waals surface area contributed by atoms with E-state index in [0.29, 0.717) is 75.9 Å². The molecule has 0 radical (unpaired) electrons. The van der Waals surface area contributed by atoms with Crippen molar-refractivity contribution in [1.29, 1.82) is 0 Å². The van der Waals surface area contributed by atoms with Gasteiger partial charge in [0.05, 0.1) is 17.8 Å². The lowest BCUT2D eigenvalue weighted by atomic mass is 9.51. The number of aliphatic hydroxyl groups is 4. The Morgan fingerprint density at radius 2 is 1.92 bits per heavy atom. The minimum Gasteiger partial charge on any atom is -0.396 e. The summed E-state index contributed by atoms with van der Waals surface area (Å²) in [6, 6.07) is 10.5. The van der Waals surface area contributed by atoms with E-state index in [1.54, 1.807) is 7.11 Å². The number of methoxy groups -OCH3 is 1. The summed E-state index contributed by atoms with van der Waals surface area (Å²) in [7, 11) is 3.59. The summed E-state index contributed by atoms with van der Waals surface area (Å²) in [5, 5.41) is 53.8. The lowest BCUT2D eigenvalue weighted by Gasteiger charge is -2.57. The van der Waals surface area contributed by atoms with Crippen LogP contribution in [0.15, 0.2) is 89.1 Å². The fourth-order valence-corrected chi connectivity index (χ4v) is 8.93. The fraction of sp³-hybridized carbons (Fsp3) is 0.622. The van der Waals surface area contributed by atoms with Crippen molar-refractivity contribution in [3.63, 3.8) is 0 Å². The molecule has 2 aliphatic carbocycles. The van der Waals surface area contributed by atoms with Crippen molar-refractivity contribution >= 4 is 6.29 Å². The number of aliphatic hydroxyl groups excluding tert-OH is 3. The molecule has 0 aromatic heterocycles. The highest BCUT2D eigenvalue weighted by Gasteiger charge is 2.65.